The number of nitrogens with one attached hydrogen (secondary N) is 1. The summed E-state index contributed by atoms with van der Waals surface area (Å²) in [5.41, 5.74) is 1.91. The zero-order valence-electron chi connectivity index (χ0n) is 17.0. The van der Waals surface area contributed by atoms with Crippen molar-refractivity contribution in [3.63, 3.8) is 0 Å². The topological polar surface area (TPSA) is 115 Å². The number of carbonyl (C=O) groups excluding carboxylic acids is 1. The minimum absolute atomic E-state index is 0.291. The Morgan fingerprint density at radius 1 is 1.22 bits per heavy atom. The zero-order chi connectivity index (χ0) is 22.5. The maximum Gasteiger partial charge on any atom is 0.326 e. The van der Waals surface area contributed by atoms with Crippen LogP contribution in [0.5, 0.6) is 0 Å². The Morgan fingerprint density at radius 2 is 2.00 bits per heavy atom. The monoisotopic (exact) mass is 473 g/mol. The van der Waals surface area contributed by atoms with Gasteiger partial charge >= 0.3 is 6.03 Å². The molecule has 1 N–H and O–H groups in total. The van der Waals surface area contributed by atoms with Crippen molar-refractivity contribution in [2.75, 3.05) is 30.5 Å². The van der Waals surface area contributed by atoms with Crippen LogP contribution in [0.15, 0.2) is 36.9 Å². The van der Waals surface area contributed by atoms with Gasteiger partial charge in [0.15, 0.2) is 16.6 Å². The van der Waals surface area contributed by atoms with Crippen LogP contribution < -0.4 is 10.2 Å². The highest BCUT2D eigenvalue weighted by molar-refractivity contribution is 6.32. The number of ether oxygens (including phenoxy) is 1. The van der Waals surface area contributed by atoms with E-state index in [0.29, 0.717) is 46.2 Å². The molecule has 5 heterocycles. The third-order valence-corrected chi connectivity index (χ3v) is 5.66. The Hall–Kier alpha value is -3.28. The summed E-state index contributed by atoms with van der Waals surface area (Å²) in [5.74, 6) is 0.357. The van der Waals surface area contributed by atoms with Crippen molar-refractivity contribution in [3.05, 3.63) is 52.8 Å². The van der Waals surface area contributed by atoms with Crippen molar-refractivity contribution in [2.45, 2.75) is 12.3 Å². The number of methoxy groups -OCH3 is 1. The second-order valence-electron chi connectivity index (χ2n) is 7.59. The fourth-order valence-corrected chi connectivity index (χ4v) is 4.36. The number of carbonyl (C=O) groups is 1. The fraction of sp³-hybridized carbons (Fsp3) is 0.263. The number of aromatic nitrogens is 7. The van der Waals surface area contributed by atoms with E-state index in [1.54, 1.807) is 34.9 Å². The van der Waals surface area contributed by atoms with Crippen LogP contribution in [0.3, 0.4) is 0 Å². The molecule has 0 saturated heterocycles. The number of hydrogen-bond acceptors (Lipinski definition) is 7. The van der Waals surface area contributed by atoms with E-state index in [2.05, 4.69) is 30.6 Å². The molecule has 2 amide bonds. The Kier molecular flexibility index (Phi) is 4.96. The van der Waals surface area contributed by atoms with Gasteiger partial charge in [-0.2, -0.15) is 15.3 Å². The molecule has 0 saturated carbocycles. The molecule has 4 aromatic heterocycles. The minimum atomic E-state index is -0.524. The summed E-state index contributed by atoms with van der Waals surface area (Å²) >= 11 is 12.4. The van der Waals surface area contributed by atoms with E-state index in [-0.39, 0.29) is 6.03 Å². The average molecular weight is 474 g/mol. The molecule has 0 aromatic carbocycles. The largest absolute Gasteiger partial charge is 0.384 e. The second-order valence-corrected chi connectivity index (χ2v) is 8.38. The molecule has 32 heavy (non-hydrogen) atoms. The van der Waals surface area contributed by atoms with Gasteiger partial charge in [-0.1, -0.05) is 23.2 Å². The van der Waals surface area contributed by atoms with Crippen molar-refractivity contribution in [1.29, 1.82) is 0 Å². The number of urea groups is 1. The Labute approximate surface area is 191 Å². The highest BCUT2D eigenvalue weighted by Crippen LogP contribution is 2.41. The third-order valence-electron chi connectivity index (χ3n) is 5.19. The van der Waals surface area contributed by atoms with Crippen LogP contribution in [0.25, 0.3) is 11.5 Å². The van der Waals surface area contributed by atoms with Crippen LogP contribution in [0.4, 0.5) is 16.2 Å². The van der Waals surface area contributed by atoms with Crippen molar-refractivity contribution < 1.29 is 9.53 Å². The van der Waals surface area contributed by atoms with Gasteiger partial charge in [-0.15, -0.1) is 4.80 Å². The van der Waals surface area contributed by atoms with Crippen molar-refractivity contribution in [2.24, 2.45) is 0 Å². The maximum absolute atomic E-state index is 13.2. The molecule has 0 spiro atoms. The number of rotatable bonds is 4. The Morgan fingerprint density at radius 3 is 2.72 bits per heavy atom. The minimum Gasteiger partial charge on any atom is -0.384 e. The van der Waals surface area contributed by atoms with Gasteiger partial charge in [-0.3, -0.25) is 4.90 Å². The predicted octanol–water partition coefficient (Wildman–Crippen LogP) is 2.97. The maximum atomic E-state index is 13.2. The second kappa shape index (κ2) is 7.69. The first-order valence-corrected chi connectivity index (χ1v) is 10.3. The first-order valence-electron chi connectivity index (χ1n) is 9.54. The molecule has 5 rings (SSSR count). The molecule has 1 unspecified atom stereocenters. The third kappa shape index (κ3) is 3.34. The van der Waals surface area contributed by atoms with Gasteiger partial charge in [0.1, 0.15) is 0 Å². The van der Waals surface area contributed by atoms with Crippen molar-refractivity contribution >= 4 is 46.3 Å². The number of pyridine rings is 1. The lowest BCUT2D eigenvalue weighted by Gasteiger charge is -2.24. The van der Waals surface area contributed by atoms with E-state index in [1.165, 1.54) is 23.4 Å². The van der Waals surface area contributed by atoms with Crippen LogP contribution in [-0.2, 0) is 10.2 Å². The van der Waals surface area contributed by atoms with Crippen molar-refractivity contribution in [3.8, 4) is 5.82 Å². The standard InChI is InChI=1S/C19H17Cl2N9O2/c1-19(10-32-2)9-28(13-8-22-15-6-14(21)27-29(15)16(13)19)18(31)26-11-5-12(20)17(23-7-11)30-24-3-4-25-30/h3-8H,9-10H2,1-2H3,(H,26,31). The van der Waals surface area contributed by atoms with E-state index in [4.69, 9.17) is 27.9 Å². The quantitative estimate of drug-likeness (QED) is 0.484. The molecule has 0 aliphatic carbocycles. The first-order chi connectivity index (χ1) is 15.4. The summed E-state index contributed by atoms with van der Waals surface area (Å²) in [4.78, 5) is 24.8. The van der Waals surface area contributed by atoms with Gasteiger partial charge in [0, 0.05) is 19.7 Å². The summed E-state index contributed by atoms with van der Waals surface area (Å²) in [6.07, 6.45) is 6.17. The van der Waals surface area contributed by atoms with Crippen LogP contribution in [0.2, 0.25) is 10.2 Å². The zero-order valence-corrected chi connectivity index (χ0v) is 18.5. The number of fused-ring (bicyclic) bond motifs is 3. The van der Waals surface area contributed by atoms with Crippen LogP contribution >= 0.6 is 23.2 Å². The van der Waals surface area contributed by atoms with E-state index in [0.717, 1.165) is 5.69 Å². The Bertz CT molecular complexity index is 1320. The lowest BCUT2D eigenvalue weighted by molar-refractivity contribution is 0.142. The molecule has 1 aliphatic heterocycles. The van der Waals surface area contributed by atoms with Gasteiger partial charge in [0.2, 0.25) is 0 Å². The van der Waals surface area contributed by atoms with E-state index < -0.39 is 5.41 Å². The molecular weight excluding hydrogens is 457 g/mol. The van der Waals surface area contributed by atoms with Crippen molar-refractivity contribution in [1.82, 2.24) is 34.6 Å². The summed E-state index contributed by atoms with van der Waals surface area (Å²) in [6.45, 7) is 2.73. The van der Waals surface area contributed by atoms with E-state index in [9.17, 15) is 4.79 Å². The molecule has 1 atom stereocenters. The molecule has 0 radical (unpaired) electrons. The van der Waals surface area contributed by atoms with Crippen LogP contribution in [0.1, 0.15) is 12.6 Å². The Balaban J connectivity index is 1.47. The predicted molar refractivity (Wildman–Crippen MR) is 118 cm³/mol. The average Bonchev–Trinajstić information content (AvgIpc) is 3.46. The lowest BCUT2D eigenvalue weighted by Crippen LogP contribution is -2.40. The molecule has 0 bridgehead atoms. The highest BCUT2D eigenvalue weighted by Gasteiger charge is 2.44. The lowest BCUT2D eigenvalue weighted by atomic mass is 9.89. The van der Waals surface area contributed by atoms with E-state index >= 15 is 0 Å². The number of nitrogens with zero attached hydrogens (tertiary/aromatic N) is 8. The molecule has 4 aromatic rings. The van der Waals surface area contributed by atoms with Crippen LogP contribution in [-0.4, -0.2) is 60.9 Å². The highest BCUT2D eigenvalue weighted by atomic mass is 35.5. The molecule has 0 fully saturated rings. The van der Waals surface area contributed by atoms with Gasteiger partial charge in [0.05, 0.1) is 58.9 Å². The fourth-order valence-electron chi connectivity index (χ4n) is 3.94. The molecular formula is C19H17Cl2N9O2. The summed E-state index contributed by atoms with van der Waals surface area (Å²) in [6, 6.07) is 2.89. The van der Waals surface area contributed by atoms with Gasteiger partial charge in [-0.25, -0.2) is 19.3 Å². The number of anilines is 2. The SMILES string of the molecule is COCC1(C)CN(C(=O)Nc2cnc(-n3nccn3)c(Cl)c2)c2cnc3cc(Cl)nn3c21. The first kappa shape index (κ1) is 20.6. The molecule has 1 aliphatic rings. The summed E-state index contributed by atoms with van der Waals surface area (Å²) in [5, 5.41) is 15.8. The number of hydrogen-bond donors (Lipinski definition) is 1. The van der Waals surface area contributed by atoms with Gasteiger partial charge in [0.25, 0.3) is 0 Å². The smallest absolute Gasteiger partial charge is 0.326 e. The molecule has 164 valence electrons. The number of halogens is 2. The van der Waals surface area contributed by atoms with Gasteiger partial charge < -0.3 is 10.1 Å². The molecule has 13 heteroatoms. The summed E-state index contributed by atoms with van der Waals surface area (Å²) < 4.78 is 7.12. The summed E-state index contributed by atoms with van der Waals surface area (Å²) in [7, 11) is 1.62. The number of amides is 2. The van der Waals surface area contributed by atoms with Crippen LogP contribution in [0, 0.1) is 0 Å². The van der Waals surface area contributed by atoms with Gasteiger partial charge in [-0.05, 0) is 13.0 Å². The molecule has 11 nitrogen and oxygen atoms in total. The van der Waals surface area contributed by atoms with E-state index in [1.807, 2.05) is 6.92 Å². The normalized spacial score (nSPS) is 17.7.